The molecule has 4 rings (SSSR count). The number of hydrogen-bond acceptors (Lipinski definition) is 6. The maximum Gasteiger partial charge on any atom is 0.338 e. The molecule has 1 aliphatic rings. The van der Waals surface area contributed by atoms with Gasteiger partial charge in [-0.1, -0.05) is 31.5 Å². The maximum atomic E-state index is 13.2. The molecular formula is C31H35N3O5. The van der Waals surface area contributed by atoms with Gasteiger partial charge in [0.15, 0.2) is 0 Å². The van der Waals surface area contributed by atoms with Crippen molar-refractivity contribution in [1.82, 2.24) is 4.90 Å². The molecule has 1 saturated heterocycles. The van der Waals surface area contributed by atoms with Gasteiger partial charge in [-0.3, -0.25) is 9.59 Å². The summed E-state index contributed by atoms with van der Waals surface area (Å²) in [4.78, 5) is 42.4. The largest absolute Gasteiger partial charge is 0.494 e. The fourth-order valence-electron chi connectivity index (χ4n) is 4.40. The van der Waals surface area contributed by atoms with Crippen molar-refractivity contribution in [1.29, 1.82) is 0 Å². The summed E-state index contributed by atoms with van der Waals surface area (Å²) in [5.74, 6) is -0.0295. The summed E-state index contributed by atoms with van der Waals surface area (Å²) in [6.45, 7) is 7.00. The molecule has 0 unspecified atom stereocenters. The third kappa shape index (κ3) is 7.16. The predicted octanol–water partition coefficient (Wildman–Crippen LogP) is 5.26. The first kappa shape index (κ1) is 27.7. The second-order valence-corrected chi connectivity index (χ2v) is 9.28. The van der Waals surface area contributed by atoms with Crippen molar-refractivity contribution in [3.05, 3.63) is 89.5 Å². The number of esters is 1. The van der Waals surface area contributed by atoms with Gasteiger partial charge in [0.05, 0.1) is 30.2 Å². The number of unbranched alkanes of at least 4 members (excludes halogenated alkanes) is 1. The third-order valence-electron chi connectivity index (χ3n) is 6.57. The minimum absolute atomic E-state index is 0.00329. The zero-order chi connectivity index (χ0) is 27.6. The quantitative estimate of drug-likeness (QED) is 0.285. The van der Waals surface area contributed by atoms with Crippen LogP contribution in [0.5, 0.6) is 5.75 Å². The van der Waals surface area contributed by atoms with Crippen molar-refractivity contribution >= 4 is 29.2 Å². The Bertz CT molecular complexity index is 1270. The van der Waals surface area contributed by atoms with Crippen LogP contribution >= 0.6 is 0 Å². The molecule has 39 heavy (non-hydrogen) atoms. The summed E-state index contributed by atoms with van der Waals surface area (Å²) >= 11 is 0. The van der Waals surface area contributed by atoms with Crippen LogP contribution in [0, 0.1) is 0 Å². The first-order valence-corrected chi connectivity index (χ1v) is 13.4. The lowest BCUT2D eigenvalue weighted by atomic mass is 10.1. The minimum atomic E-state index is -0.452. The van der Waals surface area contributed by atoms with E-state index in [1.54, 1.807) is 43.3 Å². The van der Waals surface area contributed by atoms with Crippen molar-refractivity contribution in [2.24, 2.45) is 0 Å². The number of carbonyl (C=O) groups is 3. The third-order valence-corrected chi connectivity index (χ3v) is 6.57. The topological polar surface area (TPSA) is 88.2 Å². The molecule has 0 saturated carbocycles. The molecule has 0 radical (unpaired) electrons. The number of piperazine rings is 1. The number of anilines is 2. The van der Waals surface area contributed by atoms with E-state index in [1.807, 2.05) is 41.3 Å². The van der Waals surface area contributed by atoms with E-state index in [1.165, 1.54) is 0 Å². The van der Waals surface area contributed by atoms with Crippen LogP contribution in [0.15, 0.2) is 72.8 Å². The van der Waals surface area contributed by atoms with E-state index in [0.29, 0.717) is 60.9 Å². The van der Waals surface area contributed by atoms with Crippen LogP contribution in [0.3, 0.4) is 0 Å². The Hall–Kier alpha value is -4.33. The van der Waals surface area contributed by atoms with Gasteiger partial charge in [-0.2, -0.15) is 0 Å². The van der Waals surface area contributed by atoms with Crippen LogP contribution in [-0.4, -0.2) is 62.1 Å². The second kappa shape index (κ2) is 13.5. The van der Waals surface area contributed by atoms with Gasteiger partial charge < -0.3 is 24.6 Å². The number of hydrogen-bond donors (Lipinski definition) is 1. The molecule has 3 aromatic rings. The van der Waals surface area contributed by atoms with Gasteiger partial charge in [-0.05, 0) is 67.9 Å². The van der Waals surface area contributed by atoms with Gasteiger partial charge in [0, 0.05) is 37.3 Å². The van der Waals surface area contributed by atoms with Gasteiger partial charge in [0.1, 0.15) is 5.75 Å². The van der Waals surface area contributed by atoms with Gasteiger partial charge in [0.2, 0.25) is 0 Å². The molecule has 8 nitrogen and oxygen atoms in total. The van der Waals surface area contributed by atoms with Gasteiger partial charge in [0.25, 0.3) is 11.8 Å². The highest BCUT2D eigenvalue weighted by molar-refractivity contribution is 6.07. The summed E-state index contributed by atoms with van der Waals surface area (Å²) in [5.41, 5.74) is 2.79. The van der Waals surface area contributed by atoms with Crippen LogP contribution in [-0.2, 0) is 4.74 Å². The summed E-state index contributed by atoms with van der Waals surface area (Å²) < 4.78 is 10.9. The number of ether oxygens (including phenoxy) is 2. The highest BCUT2D eigenvalue weighted by Gasteiger charge is 2.25. The highest BCUT2D eigenvalue weighted by atomic mass is 16.5. The Morgan fingerprint density at radius 3 is 2.18 bits per heavy atom. The Labute approximate surface area is 229 Å². The van der Waals surface area contributed by atoms with Gasteiger partial charge >= 0.3 is 5.97 Å². The lowest BCUT2D eigenvalue weighted by Crippen LogP contribution is -2.49. The number of carbonyl (C=O) groups excluding carboxylic acids is 3. The van der Waals surface area contributed by atoms with Crippen LogP contribution in [0.25, 0.3) is 0 Å². The number of rotatable bonds is 10. The van der Waals surface area contributed by atoms with E-state index in [2.05, 4.69) is 17.1 Å². The molecule has 0 atom stereocenters. The summed E-state index contributed by atoms with van der Waals surface area (Å²) in [6, 6.07) is 21.4. The molecular weight excluding hydrogens is 494 g/mol. The van der Waals surface area contributed by atoms with Crippen LogP contribution in [0.1, 0.15) is 57.8 Å². The Morgan fingerprint density at radius 2 is 1.51 bits per heavy atom. The SMILES string of the molecule is CCCCOc1ccc(C(=O)Nc2cc(C(=O)OCC)ccc2N2CCN(C(=O)c3ccccc3)CC2)cc1. The standard InChI is InChI=1S/C31H35N3O5/c1-3-5-21-39-26-14-11-23(12-15-26)29(35)32-27-22-25(31(37)38-4-2)13-16-28(27)33-17-19-34(20-18-33)30(36)24-9-7-6-8-10-24/h6-16,22H,3-5,17-21H2,1-2H3,(H,32,35). The Kier molecular flexibility index (Phi) is 9.56. The molecule has 8 heteroatoms. The van der Waals surface area contributed by atoms with E-state index in [0.717, 1.165) is 18.5 Å². The van der Waals surface area contributed by atoms with Crippen molar-refractivity contribution in [2.75, 3.05) is 49.6 Å². The van der Waals surface area contributed by atoms with E-state index in [9.17, 15) is 14.4 Å². The van der Waals surface area contributed by atoms with E-state index in [-0.39, 0.29) is 18.4 Å². The normalized spacial score (nSPS) is 13.1. The van der Waals surface area contributed by atoms with Crippen molar-refractivity contribution in [2.45, 2.75) is 26.7 Å². The molecule has 1 heterocycles. The lowest BCUT2D eigenvalue weighted by molar-refractivity contribution is 0.0526. The predicted molar refractivity (Wildman–Crippen MR) is 152 cm³/mol. The Balaban J connectivity index is 1.50. The van der Waals surface area contributed by atoms with E-state index < -0.39 is 5.97 Å². The smallest absolute Gasteiger partial charge is 0.338 e. The van der Waals surface area contributed by atoms with Crippen molar-refractivity contribution < 1.29 is 23.9 Å². The molecule has 1 N–H and O–H groups in total. The van der Waals surface area contributed by atoms with E-state index >= 15 is 0 Å². The molecule has 1 fully saturated rings. The molecule has 204 valence electrons. The minimum Gasteiger partial charge on any atom is -0.494 e. The maximum absolute atomic E-state index is 13.2. The highest BCUT2D eigenvalue weighted by Crippen LogP contribution is 2.30. The summed E-state index contributed by atoms with van der Waals surface area (Å²) in [5, 5.41) is 2.98. The average Bonchev–Trinajstić information content (AvgIpc) is 2.98. The average molecular weight is 530 g/mol. The van der Waals surface area contributed by atoms with Crippen LogP contribution in [0.2, 0.25) is 0 Å². The number of nitrogens with one attached hydrogen (secondary N) is 1. The number of benzene rings is 3. The molecule has 0 spiro atoms. The Morgan fingerprint density at radius 1 is 0.821 bits per heavy atom. The fraction of sp³-hybridized carbons (Fsp3) is 0.323. The van der Waals surface area contributed by atoms with Gasteiger partial charge in [-0.15, -0.1) is 0 Å². The first-order chi connectivity index (χ1) is 19.0. The molecule has 1 aliphatic heterocycles. The van der Waals surface area contributed by atoms with Crippen LogP contribution < -0.4 is 15.0 Å². The molecule has 0 aromatic heterocycles. The molecule has 3 aromatic carbocycles. The fourth-order valence-corrected chi connectivity index (χ4v) is 4.40. The molecule has 0 aliphatic carbocycles. The zero-order valence-corrected chi connectivity index (χ0v) is 22.5. The summed E-state index contributed by atoms with van der Waals surface area (Å²) in [6.07, 6.45) is 2.02. The van der Waals surface area contributed by atoms with Crippen molar-refractivity contribution in [3.63, 3.8) is 0 Å². The van der Waals surface area contributed by atoms with Crippen molar-refractivity contribution in [3.8, 4) is 5.75 Å². The monoisotopic (exact) mass is 529 g/mol. The van der Waals surface area contributed by atoms with E-state index in [4.69, 9.17) is 9.47 Å². The number of amides is 2. The summed E-state index contributed by atoms with van der Waals surface area (Å²) in [7, 11) is 0. The van der Waals surface area contributed by atoms with Crippen LogP contribution in [0.4, 0.5) is 11.4 Å². The second-order valence-electron chi connectivity index (χ2n) is 9.28. The lowest BCUT2D eigenvalue weighted by Gasteiger charge is -2.37. The molecule has 2 amide bonds. The zero-order valence-electron chi connectivity index (χ0n) is 22.5. The van der Waals surface area contributed by atoms with Gasteiger partial charge in [-0.25, -0.2) is 4.79 Å². The first-order valence-electron chi connectivity index (χ1n) is 13.4. The molecule has 0 bridgehead atoms. The number of nitrogens with zero attached hydrogens (tertiary/aromatic N) is 2.